The lowest BCUT2D eigenvalue weighted by Crippen LogP contribution is -2.43. The summed E-state index contributed by atoms with van der Waals surface area (Å²) < 4.78 is 5.35. The van der Waals surface area contributed by atoms with Gasteiger partial charge in [-0.2, -0.15) is 0 Å². The number of ether oxygens (including phenoxy) is 1. The number of rotatable bonds is 2. The maximum atomic E-state index is 9.66. The molecule has 82 valence electrons. The van der Waals surface area contributed by atoms with Crippen molar-refractivity contribution in [3.8, 4) is 0 Å². The van der Waals surface area contributed by atoms with Crippen LogP contribution in [0.4, 0.5) is 0 Å². The summed E-state index contributed by atoms with van der Waals surface area (Å²) in [5.41, 5.74) is 0. The van der Waals surface area contributed by atoms with E-state index in [-0.39, 0.29) is 6.61 Å². The Balaban J connectivity index is 1.99. The van der Waals surface area contributed by atoms with Crippen molar-refractivity contribution in [3.05, 3.63) is 0 Å². The molecule has 2 fully saturated rings. The van der Waals surface area contributed by atoms with E-state index < -0.39 is 24.5 Å². The summed E-state index contributed by atoms with van der Waals surface area (Å²) >= 11 is 0. The first kappa shape index (κ1) is 10.3. The maximum absolute atomic E-state index is 9.66. The van der Waals surface area contributed by atoms with Crippen molar-refractivity contribution in [1.29, 1.82) is 0 Å². The molecule has 0 amide bonds. The summed E-state index contributed by atoms with van der Waals surface area (Å²) in [6, 6.07) is 0. The summed E-state index contributed by atoms with van der Waals surface area (Å²) in [6.45, 7) is 2.02. The molecular weight excluding hydrogens is 188 g/mol. The number of nitrogens with one attached hydrogen (secondary N) is 1. The molecule has 0 saturated carbocycles. The summed E-state index contributed by atoms with van der Waals surface area (Å²) in [4.78, 5) is 1.91. The van der Waals surface area contributed by atoms with Gasteiger partial charge in [-0.05, 0) is 0 Å². The molecule has 6 heteroatoms. The monoisotopic (exact) mass is 204 g/mol. The lowest BCUT2D eigenvalue weighted by molar-refractivity contribution is -0.0894. The fourth-order valence-corrected chi connectivity index (χ4v) is 1.92. The molecule has 6 nitrogen and oxygen atoms in total. The van der Waals surface area contributed by atoms with Crippen LogP contribution in [0.1, 0.15) is 0 Å². The summed E-state index contributed by atoms with van der Waals surface area (Å²) in [6.07, 6.45) is -3.11. The minimum absolute atomic E-state index is 0.268. The third-order valence-corrected chi connectivity index (χ3v) is 2.77. The molecule has 2 saturated heterocycles. The summed E-state index contributed by atoms with van der Waals surface area (Å²) in [5.74, 6) is 0. The first-order valence-corrected chi connectivity index (χ1v) is 4.81. The lowest BCUT2D eigenvalue weighted by Gasteiger charge is -2.24. The fourth-order valence-electron chi connectivity index (χ4n) is 1.92. The van der Waals surface area contributed by atoms with Crippen molar-refractivity contribution < 1.29 is 20.1 Å². The smallest absolute Gasteiger partial charge is 0.141 e. The molecule has 0 aliphatic carbocycles. The molecule has 0 radical (unpaired) electrons. The Morgan fingerprint density at radius 1 is 1.36 bits per heavy atom. The highest BCUT2D eigenvalue weighted by Crippen LogP contribution is 2.24. The fraction of sp³-hybridized carbons (Fsp3) is 1.00. The number of aliphatic hydroxyl groups is 3. The summed E-state index contributed by atoms with van der Waals surface area (Å²) in [7, 11) is 0. The van der Waals surface area contributed by atoms with Crippen molar-refractivity contribution in [1.82, 2.24) is 10.2 Å². The van der Waals surface area contributed by atoms with Gasteiger partial charge >= 0.3 is 0 Å². The van der Waals surface area contributed by atoms with Crippen molar-refractivity contribution in [2.45, 2.75) is 24.5 Å². The highest BCUT2D eigenvalue weighted by Gasteiger charge is 2.45. The number of hydrogen-bond donors (Lipinski definition) is 4. The Kier molecular flexibility index (Phi) is 3.01. The van der Waals surface area contributed by atoms with Gasteiger partial charge in [0.2, 0.25) is 0 Å². The normalized spacial score (nSPS) is 44.8. The van der Waals surface area contributed by atoms with E-state index in [1.807, 2.05) is 4.90 Å². The van der Waals surface area contributed by atoms with E-state index in [4.69, 9.17) is 9.84 Å². The van der Waals surface area contributed by atoms with E-state index in [1.165, 1.54) is 0 Å². The molecule has 0 aromatic carbocycles. The van der Waals surface area contributed by atoms with Crippen LogP contribution >= 0.6 is 0 Å². The Bertz CT molecular complexity index is 198. The molecule has 0 bridgehead atoms. The SMILES string of the molecule is OC[C@H]1OC(N2CCNC2)[C@H](O)[C@@H]1O. The van der Waals surface area contributed by atoms with Gasteiger partial charge in [0.1, 0.15) is 24.5 Å². The molecule has 2 aliphatic rings. The number of nitrogens with zero attached hydrogens (tertiary/aromatic N) is 1. The molecule has 0 spiro atoms. The zero-order chi connectivity index (χ0) is 10.1. The molecule has 2 aliphatic heterocycles. The highest BCUT2D eigenvalue weighted by atomic mass is 16.6. The average molecular weight is 204 g/mol. The minimum atomic E-state index is -0.995. The Hall–Kier alpha value is -0.240. The van der Waals surface area contributed by atoms with E-state index in [9.17, 15) is 10.2 Å². The molecule has 1 unspecified atom stereocenters. The van der Waals surface area contributed by atoms with Crippen LogP contribution in [0.2, 0.25) is 0 Å². The Morgan fingerprint density at radius 2 is 2.14 bits per heavy atom. The topological polar surface area (TPSA) is 85.2 Å². The van der Waals surface area contributed by atoms with Crippen LogP contribution in [0.5, 0.6) is 0 Å². The quantitative estimate of drug-likeness (QED) is 0.391. The second kappa shape index (κ2) is 4.09. The van der Waals surface area contributed by atoms with Crippen LogP contribution in [0.15, 0.2) is 0 Å². The van der Waals surface area contributed by atoms with Gasteiger partial charge in [0.05, 0.1) is 13.3 Å². The minimum Gasteiger partial charge on any atom is -0.394 e. The van der Waals surface area contributed by atoms with Crippen LogP contribution in [-0.2, 0) is 4.74 Å². The van der Waals surface area contributed by atoms with E-state index in [1.54, 1.807) is 0 Å². The second-order valence-corrected chi connectivity index (χ2v) is 3.70. The van der Waals surface area contributed by atoms with Gasteiger partial charge in [-0.15, -0.1) is 0 Å². The predicted octanol–water partition coefficient (Wildman–Crippen LogP) is -2.71. The van der Waals surface area contributed by atoms with Gasteiger partial charge < -0.3 is 25.4 Å². The van der Waals surface area contributed by atoms with Crippen molar-refractivity contribution in [2.24, 2.45) is 0 Å². The molecule has 14 heavy (non-hydrogen) atoms. The average Bonchev–Trinajstić information content (AvgIpc) is 2.78. The summed E-state index contributed by atoms with van der Waals surface area (Å²) in [5, 5.41) is 31.2. The zero-order valence-electron chi connectivity index (χ0n) is 7.83. The third-order valence-electron chi connectivity index (χ3n) is 2.77. The van der Waals surface area contributed by atoms with Crippen LogP contribution in [0.3, 0.4) is 0 Å². The molecular formula is C8H16N2O4. The first-order valence-electron chi connectivity index (χ1n) is 4.81. The molecule has 2 heterocycles. The molecule has 4 N–H and O–H groups in total. The number of hydrogen-bond acceptors (Lipinski definition) is 6. The Labute approximate surface area is 82.1 Å². The van der Waals surface area contributed by atoms with Gasteiger partial charge in [-0.25, -0.2) is 0 Å². The molecule has 4 atom stereocenters. The third kappa shape index (κ3) is 1.65. The standard InChI is InChI=1S/C8H16N2O4/c11-3-5-6(12)7(13)8(14-5)10-2-1-9-4-10/h5-9,11-13H,1-4H2/t5-,6-,7-,8?/m1/s1. The van der Waals surface area contributed by atoms with Crippen molar-refractivity contribution in [2.75, 3.05) is 26.4 Å². The lowest BCUT2D eigenvalue weighted by atomic mass is 10.1. The zero-order valence-corrected chi connectivity index (χ0v) is 7.83. The van der Waals surface area contributed by atoms with E-state index in [0.29, 0.717) is 6.67 Å². The molecule has 0 aromatic rings. The van der Waals surface area contributed by atoms with Crippen LogP contribution < -0.4 is 5.32 Å². The van der Waals surface area contributed by atoms with E-state index in [0.717, 1.165) is 13.1 Å². The van der Waals surface area contributed by atoms with E-state index >= 15 is 0 Å². The van der Waals surface area contributed by atoms with Gasteiger partial charge in [-0.3, -0.25) is 4.90 Å². The van der Waals surface area contributed by atoms with Gasteiger partial charge in [-0.1, -0.05) is 0 Å². The van der Waals surface area contributed by atoms with Gasteiger partial charge in [0.25, 0.3) is 0 Å². The maximum Gasteiger partial charge on any atom is 0.141 e. The second-order valence-electron chi connectivity index (χ2n) is 3.70. The number of aliphatic hydroxyl groups excluding tert-OH is 3. The largest absolute Gasteiger partial charge is 0.394 e. The van der Waals surface area contributed by atoms with E-state index in [2.05, 4.69) is 5.32 Å². The van der Waals surface area contributed by atoms with Crippen molar-refractivity contribution >= 4 is 0 Å². The van der Waals surface area contributed by atoms with Crippen LogP contribution in [0.25, 0.3) is 0 Å². The highest BCUT2D eigenvalue weighted by molar-refractivity contribution is 4.91. The Morgan fingerprint density at radius 3 is 2.64 bits per heavy atom. The molecule has 0 aromatic heterocycles. The van der Waals surface area contributed by atoms with Gasteiger partial charge in [0.15, 0.2) is 0 Å². The van der Waals surface area contributed by atoms with Gasteiger partial charge in [0, 0.05) is 13.1 Å². The van der Waals surface area contributed by atoms with Crippen LogP contribution in [0, 0.1) is 0 Å². The van der Waals surface area contributed by atoms with Crippen LogP contribution in [-0.4, -0.2) is 71.1 Å². The first-order chi connectivity index (χ1) is 6.74. The van der Waals surface area contributed by atoms with Crippen molar-refractivity contribution in [3.63, 3.8) is 0 Å². The predicted molar refractivity (Wildman–Crippen MR) is 47.3 cm³/mol. The molecule has 2 rings (SSSR count).